The molecule has 0 aliphatic carbocycles. The SMILES string of the molecule is CCN(CC)C(=O)CN1CCNCC1. The van der Waals surface area contributed by atoms with Gasteiger partial charge in [-0.1, -0.05) is 0 Å². The number of nitrogens with zero attached hydrogens (tertiary/aromatic N) is 2. The second-order valence-corrected chi connectivity index (χ2v) is 3.59. The van der Waals surface area contributed by atoms with E-state index in [2.05, 4.69) is 10.2 Å². The topological polar surface area (TPSA) is 35.6 Å². The molecule has 0 atom stereocenters. The summed E-state index contributed by atoms with van der Waals surface area (Å²) in [5.41, 5.74) is 0. The van der Waals surface area contributed by atoms with Crippen molar-refractivity contribution in [1.29, 1.82) is 0 Å². The molecule has 0 saturated carbocycles. The van der Waals surface area contributed by atoms with E-state index >= 15 is 0 Å². The van der Waals surface area contributed by atoms with Gasteiger partial charge in [-0.25, -0.2) is 0 Å². The Balaban J connectivity index is 2.30. The summed E-state index contributed by atoms with van der Waals surface area (Å²) in [5.74, 6) is 0.261. The molecule has 1 N–H and O–H groups in total. The molecular formula is C10H21N3O. The van der Waals surface area contributed by atoms with Crippen LogP contribution in [-0.4, -0.2) is 61.5 Å². The van der Waals surface area contributed by atoms with E-state index in [9.17, 15) is 4.79 Å². The maximum absolute atomic E-state index is 11.7. The van der Waals surface area contributed by atoms with Crippen molar-refractivity contribution in [3.05, 3.63) is 0 Å². The third kappa shape index (κ3) is 3.27. The van der Waals surface area contributed by atoms with E-state index in [0.717, 1.165) is 39.3 Å². The summed E-state index contributed by atoms with van der Waals surface area (Å²) >= 11 is 0. The zero-order chi connectivity index (χ0) is 10.4. The normalized spacial score (nSPS) is 18.1. The lowest BCUT2D eigenvalue weighted by molar-refractivity contribution is -0.132. The van der Waals surface area contributed by atoms with Crippen LogP contribution in [0.15, 0.2) is 0 Å². The highest BCUT2D eigenvalue weighted by atomic mass is 16.2. The summed E-state index contributed by atoms with van der Waals surface area (Å²) in [5, 5.41) is 3.28. The van der Waals surface area contributed by atoms with Gasteiger partial charge < -0.3 is 10.2 Å². The van der Waals surface area contributed by atoms with E-state index < -0.39 is 0 Å². The van der Waals surface area contributed by atoms with Gasteiger partial charge in [-0.05, 0) is 13.8 Å². The lowest BCUT2D eigenvalue weighted by atomic mass is 10.3. The van der Waals surface area contributed by atoms with Gasteiger partial charge in [0.2, 0.25) is 5.91 Å². The molecule has 82 valence electrons. The molecule has 0 bridgehead atoms. The van der Waals surface area contributed by atoms with Crippen molar-refractivity contribution in [2.24, 2.45) is 0 Å². The van der Waals surface area contributed by atoms with Crippen molar-refractivity contribution in [2.45, 2.75) is 13.8 Å². The van der Waals surface area contributed by atoms with Crippen LogP contribution >= 0.6 is 0 Å². The highest BCUT2D eigenvalue weighted by molar-refractivity contribution is 5.78. The fourth-order valence-electron chi connectivity index (χ4n) is 1.74. The predicted octanol–water partition coefficient (Wildman–Crippen LogP) is -0.240. The van der Waals surface area contributed by atoms with Crippen LogP contribution in [-0.2, 0) is 4.79 Å². The van der Waals surface area contributed by atoms with Crippen molar-refractivity contribution in [3.8, 4) is 0 Å². The molecule has 1 fully saturated rings. The Morgan fingerprint density at radius 3 is 2.36 bits per heavy atom. The van der Waals surface area contributed by atoms with Crippen LogP contribution in [0.5, 0.6) is 0 Å². The Labute approximate surface area is 86.2 Å². The molecule has 0 spiro atoms. The summed E-state index contributed by atoms with van der Waals surface area (Å²) in [4.78, 5) is 15.8. The minimum Gasteiger partial charge on any atom is -0.342 e. The lowest BCUT2D eigenvalue weighted by Crippen LogP contribution is -2.48. The average molecular weight is 199 g/mol. The van der Waals surface area contributed by atoms with Gasteiger partial charge >= 0.3 is 0 Å². The van der Waals surface area contributed by atoms with E-state index in [1.54, 1.807) is 0 Å². The van der Waals surface area contributed by atoms with E-state index in [-0.39, 0.29) is 5.91 Å². The van der Waals surface area contributed by atoms with Crippen LogP contribution in [0.1, 0.15) is 13.8 Å². The number of carbonyl (C=O) groups excluding carboxylic acids is 1. The standard InChI is InChI=1S/C10H21N3O/c1-3-13(4-2)10(14)9-12-7-5-11-6-8-12/h11H,3-9H2,1-2H3. The Bertz CT molecular complexity index is 174. The Kier molecular flexibility index (Phi) is 4.90. The lowest BCUT2D eigenvalue weighted by Gasteiger charge is -2.29. The molecule has 1 heterocycles. The van der Waals surface area contributed by atoms with Crippen molar-refractivity contribution in [3.63, 3.8) is 0 Å². The van der Waals surface area contributed by atoms with Gasteiger partial charge in [0.25, 0.3) is 0 Å². The third-order valence-electron chi connectivity index (χ3n) is 2.68. The van der Waals surface area contributed by atoms with Crippen LogP contribution in [0.4, 0.5) is 0 Å². The first-order valence-electron chi connectivity index (χ1n) is 5.48. The molecule has 1 amide bonds. The van der Waals surface area contributed by atoms with Gasteiger partial charge in [-0.15, -0.1) is 0 Å². The second kappa shape index (κ2) is 5.98. The van der Waals surface area contributed by atoms with Gasteiger partial charge in [0.05, 0.1) is 6.54 Å². The van der Waals surface area contributed by atoms with Gasteiger partial charge in [0, 0.05) is 39.3 Å². The van der Waals surface area contributed by atoms with Gasteiger partial charge in [-0.3, -0.25) is 9.69 Å². The summed E-state index contributed by atoms with van der Waals surface area (Å²) in [7, 11) is 0. The summed E-state index contributed by atoms with van der Waals surface area (Å²) < 4.78 is 0. The first-order chi connectivity index (χ1) is 6.77. The number of rotatable bonds is 4. The summed E-state index contributed by atoms with van der Waals surface area (Å²) in [6.45, 7) is 10.3. The van der Waals surface area contributed by atoms with Crippen molar-refractivity contribution in [1.82, 2.24) is 15.1 Å². The first kappa shape index (κ1) is 11.5. The second-order valence-electron chi connectivity index (χ2n) is 3.59. The largest absolute Gasteiger partial charge is 0.342 e. The zero-order valence-corrected chi connectivity index (χ0v) is 9.25. The van der Waals surface area contributed by atoms with Gasteiger partial charge in [-0.2, -0.15) is 0 Å². The Morgan fingerprint density at radius 1 is 1.29 bits per heavy atom. The number of carbonyl (C=O) groups is 1. The average Bonchev–Trinajstić information content (AvgIpc) is 2.21. The maximum atomic E-state index is 11.7. The maximum Gasteiger partial charge on any atom is 0.236 e. The number of hydrogen-bond donors (Lipinski definition) is 1. The predicted molar refractivity (Wildman–Crippen MR) is 57.2 cm³/mol. The fraction of sp³-hybridized carbons (Fsp3) is 0.900. The molecule has 4 heteroatoms. The first-order valence-corrected chi connectivity index (χ1v) is 5.48. The molecule has 1 aliphatic rings. The van der Waals surface area contributed by atoms with Gasteiger partial charge in [0.1, 0.15) is 0 Å². The van der Waals surface area contributed by atoms with E-state index in [0.29, 0.717) is 6.54 Å². The molecule has 0 aromatic heterocycles. The van der Waals surface area contributed by atoms with Crippen LogP contribution in [0.25, 0.3) is 0 Å². The molecule has 0 unspecified atom stereocenters. The molecule has 0 aromatic carbocycles. The number of amides is 1. The molecule has 1 rings (SSSR count). The van der Waals surface area contributed by atoms with E-state index in [1.165, 1.54) is 0 Å². The molecule has 1 saturated heterocycles. The Morgan fingerprint density at radius 2 is 1.86 bits per heavy atom. The molecule has 1 aliphatic heterocycles. The van der Waals surface area contributed by atoms with Crippen LogP contribution in [0.3, 0.4) is 0 Å². The molecule has 0 radical (unpaired) electrons. The molecular weight excluding hydrogens is 178 g/mol. The van der Waals surface area contributed by atoms with Crippen molar-refractivity contribution >= 4 is 5.91 Å². The number of piperazine rings is 1. The minimum absolute atomic E-state index is 0.261. The van der Waals surface area contributed by atoms with Crippen molar-refractivity contribution < 1.29 is 4.79 Å². The monoisotopic (exact) mass is 199 g/mol. The molecule has 4 nitrogen and oxygen atoms in total. The highest BCUT2D eigenvalue weighted by Crippen LogP contribution is 1.96. The van der Waals surface area contributed by atoms with Crippen LogP contribution < -0.4 is 5.32 Å². The van der Waals surface area contributed by atoms with Crippen LogP contribution in [0, 0.1) is 0 Å². The van der Waals surface area contributed by atoms with Crippen molar-refractivity contribution in [2.75, 3.05) is 45.8 Å². The number of hydrogen-bond acceptors (Lipinski definition) is 3. The zero-order valence-electron chi connectivity index (χ0n) is 9.25. The van der Waals surface area contributed by atoms with E-state index in [4.69, 9.17) is 0 Å². The Hall–Kier alpha value is -0.610. The number of nitrogens with one attached hydrogen (secondary N) is 1. The quantitative estimate of drug-likeness (QED) is 0.679. The smallest absolute Gasteiger partial charge is 0.236 e. The highest BCUT2D eigenvalue weighted by Gasteiger charge is 2.16. The van der Waals surface area contributed by atoms with Crippen LogP contribution in [0.2, 0.25) is 0 Å². The third-order valence-corrected chi connectivity index (χ3v) is 2.68. The summed E-state index contributed by atoms with van der Waals surface area (Å²) in [6.07, 6.45) is 0. The minimum atomic E-state index is 0.261. The fourth-order valence-corrected chi connectivity index (χ4v) is 1.74. The molecule has 14 heavy (non-hydrogen) atoms. The summed E-state index contributed by atoms with van der Waals surface area (Å²) in [6, 6.07) is 0. The van der Waals surface area contributed by atoms with Gasteiger partial charge in [0.15, 0.2) is 0 Å². The molecule has 0 aromatic rings. The van der Waals surface area contributed by atoms with E-state index in [1.807, 2.05) is 18.7 Å². The number of likely N-dealkylation sites (N-methyl/N-ethyl adjacent to an activating group) is 1.